The summed E-state index contributed by atoms with van der Waals surface area (Å²) in [5.41, 5.74) is 5.21. The summed E-state index contributed by atoms with van der Waals surface area (Å²) in [4.78, 5) is 16.5. The summed E-state index contributed by atoms with van der Waals surface area (Å²) in [5, 5.41) is 23.9. The van der Waals surface area contributed by atoms with E-state index in [2.05, 4.69) is 62.4 Å². The van der Waals surface area contributed by atoms with Crippen LogP contribution in [0.5, 0.6) is 0 Å². The number of aliphatic hydroxyl groups excluding tert-OH is 1. The van der Waals surface area contributed by atoms with Crippen LogP contribution in [-0.4, -0.2) is 30.4 Å². The first-order chi connectivity index (χ1) is 20.2. The number of pyridine rings is 1. The first-order valence-electron chi connectivity index (χ1n) is 14.8. The van der Waals surface area contributed by atoms with Gasteiger partial charge in [-0.1, -0.05) is 27.7 Å². The van der Waals surface area contributed by atoms with E-state index in [-0.39, 0.29) is 58.0 Å². The number of hydrogen-bond acceptors (Lipinski definition) is 4. The first kappa shape index (κ1) is 34.4. The van der Waals surface area contributed by atoms with Crippen molar-refractivity contribution in [2.75, 3.05) is 0 Å². The fraction of sp³-hybridized carbons (Fsp3) is 0.324. The van der Waals surface area contributed by atoms with E-state index in [9.17, 15) is 15.2 Å². The monoisotopic (exact) mass is 816 g/mol. The normalized spacial score (nSPS) is 11.5. The number of hydrogen-bond donors (Lipinski definition) is 1. The minimum Gasteiger partial charge on any atom is 0 e. The Labute approximate surface area is 274 Å². The summed E-state index contributed by atoms with van der Waals surface area (Å²) >= 11 is 0.174. The van der Waals surface area contributed by atoms with Gasteiger partial charge in [-0.2, -0.15) is 0 Å². The Kier molecular flexibility index (Phi) is 12.5. The van der Waals surface area contributed by atoms with E-state index in [0.717, 1.165) is 47.9 Å². The van der Waals surface area contributed by atoms with E-state index >= 15 is 0 Å². The van der Waals surface area contributed by atoms with Crippen LogP contribution in [0.4, 0.5) is 0 Å². The van der Waals surface area contributed by atoms with Gasteiger partial charge in [-0.15, -0.1) is 0 Å². The molecule has 43 heavy (non-hydrogen) atoms. The maximum Gasteiger partial charge on any atom is 0 e. The minimum atomic E-state index is 0. The fourth-order valence-corrected chi connectivity index (χ4v) is 8.35. The second kappa shape index (κ2) is 15.6. The molecule has 3 aromatic carbocycles. The number of carbonyl (C=O) groups is 1. The second-order valence-electron chi connectivity index (χ2n) is 10.9. The minimum absolute atomic E-state index is 0. The third-order valence-electron chi connectivity index (χ3n) is 7.98. The predicted octanol–water partition coefficient (Wildman–Crippen LogP) is 9.42. The molecule has 2 heterocycles. The molecule has 0 aliphatic rings. The van der Waals surface area contributed by atoms with Crippen molar-refractivity contribution in [3.05, 3.63) is 89.3 Å². The largest absolute Gasteiger partial charge is 0 e. The predicted molar refractivity (Wildman–Crippen MR) is 176 cm³/mol. The molecule has 0 saturated heterocycles. The fourth-order valence-electron chi connectivity index (χ4n) is 5.55. The van der Waals surface area contributed by atoms with Crippen LogP contribution in [0.25, 0.3) is 41.3 Å². The molecule has 5 aromatic rings. The Morgan fingerprint density at radius 3 is 2.21 bits per heavy atom. The van der Waals surface area contributed by atoms with Gasteiger partial charge in [-0.05, 0) is 25.7 Å². The van der Waals surface area contributed by atoms with Gasteiger partial charge in [-0.25, -0.2) is 0 Å². The van der Waals surface area contributed by atoms with Crippen LogP contribution in [-0.2, 0) is 24.9 Å². The standard InChI is InChI=1S/C24H15N2Se.C13H24O2.Ir/c1-14-9-15(2)11-18(10-14)22-24-21(7-8-26-22)20-6-4-17-12-16(13-25)3-5-19(17)23(20)27-24;1-5-10(6-2)12(14)9-13(15)11(7-3)8-4;/h3-10,12H,1-2H3;9-11,14H,5-8H2,1-4H3;/q-1;;/b;12-9-;. The molecule has 0 aliphatic carbocycles. The number of aryl methyl sites for hydroxylation is 2. The third kappa shape index (κ3) is 7.72. The van der Waals surface area contributed by atoms with Crippen molar-refractivity contribution in [1.82, 2.24) is 4.98 Å². The van der Waals surface area contributed by atoms with Gasteiger partial charge in [0.05, 0.1) is 5.76 Å². The van der Waals surface area contributed by atoms with Crippen molar-refractivity contribution in [3.8, 4) is 17.3 Å². The zero-order valence-corrected chi connectivity index (χ0v) is 29.9. The van der Waals surface area contributed by atoms with Gasteiger partial charge >= 0.3 is 163 Å². The summed E-state index contributed by atoms with van der Waals surface area (Å²) in [7, 11) is 0. The molecule has 1 N–H and O–H groups in total. The summed E-state index contributed by atoms with van der Waals surface area (Å²) in [6.45, 7) is 12.3. The molecule has 1 radical (unpaired) electrons. The Morgan fingerprint density at radius 2 is 1.58 bits per heavy atom. The topological polar surface area (TPSA) is 74.0 Å². The van der Waals surface area contributed by atoms with Crippen molar-refractivity contribution in [3.63, 3.8) is 0 Å². The average Bonchev–Trinajstić information content (AvgIpc) is 3.37. The molecule has 0 aliphatic heterocycles. The number of carbonyl (C=O) groups excluding carboxylic acids is 1. The number of nitrogens with zero attached hydrogens (tertiary/aromatic N) is 2. The van der Waals surface area contributed by atoms with E-state index in [1.54, 1.807) is 0 Å². The van der Waals surface area contributed by atoms with Crippen LogP contribution >= 0.6 is 0 Å². The summed E-state index contributed by atoms with van der Waals surface area (Å²) in [5.74, 6) is 0.547. The molecule has 0 spiro atoms. The number of aliphatic hydroxyl groups is 1. The summed E-state index contributed by atoms with van der Waals surface area (Å²) in [6, 6.07) is 22.5. The quantitative estimate of drug-likeness (QED) is 0.0734. The van der Waals surface area contributed by atoms with Crippen molar-refractivity contribution >= 4 is 50.4 Å². The number of allylic oxidation sites excluding steroid dienone is 2. The molecule has 0 amide bonds. The van der Waals surface area contributed by atoms with E-state index < -0.39 is 0 Å². The van der Waals surface area contributed by atoms with Gasteiger partial charge in [-0.3, -0.25) is 4.79 Å². The van der Waals surface area contributed by atoms with E-state index in [1.807, 2.05) is 46.0 Å². The van der Waals surface area contributed by atoms with E-state index in [1.165, 1.54) is 36.3 Å². The van der Waals surface area contributed by atoms with Crippen molar-refractivity contribution in [2.45, 2.75) is 67.2 Å². The number of benzene rings is 3. The molecule has 2 aromatic heterocycles. The maximum atomic E-state index is 11.7. The van der Waals surface area contributed by atoms with Crippen LogP contribution < -0.4 is 0 Å². The zero-order chi connectivity index (χ0) is 30.4. The molecule has 0 saturated carbocycles. The molecular weight excluding hydrogens is 776 g/mol. The summed E-state index contributed by atoms with van der Waals surface area (Å²) < 4.78 is 2.72. The Bertz CT molecular complexity index is 1790. The number of rotatable bonds is 8. The molecule has 6 heteroatoms. The molecule has 4 nitrogen and oxygen atoms in total. The van der Waals surface area contributed by atoms with Crippen LogP contribution in [0.1, 0.15) is 70.1 Å². The first-order valence-corrected chi connectivity index (χ1v) is 16.5. The van der Waals surface area contributed by atoms with E-state index in [4.69, 9.17) is 4.98 Å². The zero-order valence-electron chi connectivity index (χ0n) is 25.7. The van der Waals surface area contributed by atoms with Crippen molar-refractivity contribution < 1.29 is 30.0 Å². The van der Waals surface area contributed by atoms with Gasteiger partial charge in [0, 0.05) is 38.0 Å². The van der Waals surface area contributed by atoms with Gasteiger partial charge < -0.3 is 5.11 Å². The van der Waals surface area contributed by atoms with Crippen LogP contribution in [0, 0.1) is 43.1 Å². The van der Waals surface area contributed by atoms with Crippen LogP contribution in [0.15, 0.2) is 66.6 Å². The molecule has 0 atom stereocenters. The Morgan fingerprint density at radius 1 is 0.930 bits per heavy atom. The average molecular weight is 815 g/mol. The van der Waals surface area contributed by atoms with Gasteiger partial charge in [0.2, 0.25) is 0 Å². The number of nitriles is 1. The van der Waals surface area contributed by atoms with Gasteiger partial charge in [0.1, 0.15) is 0 Å². The van der Waals surface area contributed by atoms with Gasteiger partial charge in [0.15, 0.2) is 5.78 Å². The molecule has 0 unspecified atom stereocenters. The molecule has 0 bridgehead atoms. The number of aromatic nitrogens is 1. The molecule has 5 rings (SSSR count). The SMILES string of the molecule is CCC(CC)C(=O)/C=C(\O)C(CC)CC.Cc1[c-]c(-c2nccc3c2[se]c2c4ccc(C#N)cc4ccc32)cc(C)c1.[Ir]. The number of ketones is 1. The van der Waals surface area contributed by atoms with E-state index in [0.29, 0.717) is 5.56 Å². The van der Waals surface area contributed by atoms with Crippen LogP contribution in [0.2, 0.25) is 0 Å². The molecule has 225 valence electrons. The molecular formula is C37H39IrN2O2Se-. The van der Waals surface area contributed by atoms with Crippen molar-refractivity contribution in [2.24, 2.45) is 11.8 Å². The Hall–Kier alpha value is -3.06. The third-order valence-corrected chi connectivity index (χ3v) is 10.6. The Balaban J connectivity index is 0.000000274. The van der Waals surface area contributed by atoms with Gasteiger partial charge in [0.25, 0.3) is 0 Å². The number of fused-ring (bicyclic) bond motifs is 5. The second-order valence-corrected chi connectivity index (χ2v) is 13.0. The van der Waals surface area contributed by atoms with Crippen molar-refractivity contribution in [1.29, 1.82) is 5.26 Å². The molecule has 0 fully saturated rings. The maximum absolute atomic E-state index is 11.7. The summed E-state index contributed by atoms with van der Waals surface area (Å²) in [6.07, 6.45) is 6.82. The smallest absolute Gasteiger partial charge is 0 e. The van der Waals surface area contributed by atoms with Crippen LogP contribution in [0.3, 0.4) is 0 Å².